The smallest absolute Gasteiger partial charge is 0.0993 e. The molecule has 60 heavy (non-hydrogen) atoms. The summed E-state index contributed by atoms with van der Waals surface area (Å²) in [5, 5.41) is 25.2. The number of para-hydroxylation sites is 2. The van der Waals surface area contributed by atoms with Gasteiger partial charge in [-0.1, -0.05) is 96.1 Å². The van der Waals surface area contributed by atoms with Crippen LogP contribution in [-0.4, -0.2) is 9.13 Å². The Kier molecular flexibility index (Phi) is 8.57. The van der Waals surface area contributed by atoms with E-state index in [1.807, 2.05) is 36.4 Å². The second-order valence-electron chi connectivity index (χ2n) is 16.4. The van der Waals surface area contributed by atoms with E-state index in [0.717, 1.165) is 66.1 Å². The minimum absolute atomic E-state index is 0.555. The van der Waals surface area contributed by atoms with Gasteiger partial charge in [-0.05, 0) is 152 Å². The van der Waals surface area contributed by atoms with Gasteiger partial charge in [-0.2, -0.15) is 10.5 Å². The number of aromatic nitrogens is 2. The van der Waals surface area contributed by atoms with Crippen LogP contribution >= 0.6 is 0 Å². The molecule has 4 heteroatoms. The van der Waals surface area contributed by atoms with Crippen LogP contribution in [0.25, 0.3) is 88.4 Å². The molecular formula is C56H42N4. The van der Waals surface area contributed by atoms with E-state index in [0.29, 0.717) is 11.1 Å². The lowest BCUT2D eigenvalue weighted by Crippen LogP contribution is -2.05. The summed E-state index contributed by atoms with van der Waals surface area (Å²) in [5.41, 5.74) is 21.5. The second-order valence-corrected chi connectivity index (χ2v) is 16.4. The van der Waals surface area contributed by atoms with E-state index in [1.165, 1.54) is 55.6 Å². The highest BCUT2D eigenvalue weighted by molar-refractivity contribution is 6.13. The van der Waals surface area contributed by atoms with Crippen LogP contribution in [0.4, 0.5) is 0 Å². The molecule has 8 aromatic carbocycles. The fourth-order valence-corrected chi connectivity index (χ4v) is 10.1. The molecule has 0 atom stereocenters. The molecule has 0 unspecified atom stereocenters. The molecule has 10 rings (SSSR count). The van der Waals surface area contributed by atoms with E-state index in [1.54, 1.807) is 0 Å². The standard InChI is InChI=1S/C56H42N4/c1-33-23-35(3)54(36(4)24-33)42-19-21-50-46(29-42)44-11-7-9-13-48(44)59(50)52-27-40(32-58)28-53(56(52)41-17-15-39(31-57)16-18-41)60-49-14-10-8-12-45(49)47-30-43(20-22-51(47)60)55-37(5)25-34(2)26-38(55)6/h7-30H,1-6H3. The first-order valence-electron chi connectivity index (χ1n) is 20.5. The summed E-state index contributed by atoms with van der Waals surface area (Å²) >= 11 is 0. The number of benzene rings is 8. The van der Waals surface area contributed by atoms with Crippen molar-refractivity contribution in [3.05, 3.63) is 190 Å². The summed E-state index contributed by atoms with van der Waals surface area (Å²) in [6.45, 7) is 13.1. The fraction of sp³-hybridized carbons (Fsp3) is 0.107. The number of nitriles is 2. The van der Waals surface area contributed by atoms with Crippen LogP contribution in [0.15, 0.2) is 146 Å². The normalized spacial score (nSPS) is 11.5. The minimum Gasteiger partial charge on any atom is -0.308 e. The molecule has 0 bridgehead atoms. The molecule has 286 valence electrons. The lowest BCUT2D eigenvalue weighted by atomic mass is 9.93. The van der Waals surface area contributed by atoms with Crippen molar-refractivity contribution in [2.75, 3.05) is 0 Å². The Bertz CT molecular complexity index is 3260. The molecule has 2 aromatic heterocycles. The number of fused-ring (bicyclic) bond motifs is 6. The quantitative estimate of drug-likeness (QED) is 0.175. The van der Waals surface area contributed by atoms with Crippen molar-refractivity contribution in [1.29, 1.82) is 10.5 Å². The SMILES string of the molecule is Cc1cc(C)c(-c2ccc3c(c2)c2ccccc2n3-c2cc(C#N)cc(-n3c4ccccc4c4cc(-c5c(C)cc(C)cc5C)ccc43)c2-c2ccc(C#N)cc2)c(C)c1. The highest BCUT2D eigenvalue weighted by Crippen LogP contribution is 2.44. The molecule has 2 heterocycles. The number of hydrogen-bond donors (Lipinski definition) is 0. The first-order valence-corrected chi connectivity index (χ1v) is 20.5. The van der Waals surface area contributed by atoms with Gasteiger partial charge in [0.2, 0.25) is 0 Å². The van der Waals surface area contributed by atoms with E-state index in [9.17, 15) is 10.5 Å². The minimum atomic E-state index is 0.555. The zero-order valence-corrected chi connectivity index (χ0v) is 34.6. The Balaban J connectivity index is 1.31. The first kappa shape index (κ1) is 36.7. The van der Waals surface area contributed by atoms with E-state index in [4.69, 9.17) is 0 Å². The topological polar surface area (TPSA) is 57.4 Å². The number of hydrogen-bond acceptors (Lipinski definition) is 2. The van der Waals surface area contributed by atoms with Gasteiger partial charge in [-0.3, -0.25) is 0 Å². The van der Waals surface area contributed by atoms with Gasteiger partial charge >= 0.3 is 0 Å². The predicted octanol–water partition coefficient (Wildman–Crippen LogP) is 14.5. The van der Waals surface area contributed by atoms with Gasteiger partial charge in [0.1, 0.15) is 0 Å². The van der Waals surface area contributed by atoms with Crippen LogP contribution in [0.2, 0.25) is 0 Å². The molecule has 0 aliphatic carbocycles. The van der Waals surface area contributed by atoms with E-state index in [2.05, 4.69) is 172 Å². The Morgan fingerprint density at radius 2 is 0.733 bits per heavy atom. The Labute approximate surface area is 350 Å². The maximum absolute atomic E-state index is 10.8. The molecule has 0 fully saturated rings. The number of aryl methyl sites for hydroxylation is 6. The highest BCUT2D eigenvalue weighted by atomic mass is 15.0. The molecule has 0 aliphatic rings. The molecule has 0 amide bonds. The summed E-state index contributed by atoms with van der Waals surface area (Å²) in [7, 11) is 0. The average Bonchev–Trinajstić information content (AvgIpc) is 3.75. The Morgan fingerprint density at radius 1 is 0.350 bits per heavy atom. The maximum Gasteiger partial charge on any atom is 0.0993 e. The molecule has 4 nitrogen and oxygen atoms in total. The maximum atomic E-state index is 10.8. The van der Waals surface area contributed by atoms with Crippen molar-refractivity contribution < 1.29 is 0 Å². The van der Waals surface area contributed by atoms with Gasteiger partial charge < -0.3 is 9.13 Å². The van der Waals surface area contributed by atoms with Crippen molar-refractivity contribution >= 4 is 43.6 Å². The molecular weight excluding hydrogens is 729 g/mol. The molecule has 0 aliphatic heterocycles. The summed E-state index contributed by atoms with van der Waals surface area (Å²) in [6.07, 6.45) is 0. The molecule has 0 radical (unpaired) electrons. The highest BCUT2D eigenvalue weighted by Gasteiger charge is 2.24. The third kappa shape index (κ3) is 5.72. The van der Waals surface area contributed by atoms with Crippen molar-refractivity contribution in [3.63, 3.8) is 0 Å². The van der Waals surface area contributed by atoms with E-state index < -0.39 is 0 Å². The third-order valence-corrected chi connectivity index (χ3v) is 12.3. The second kappa shape index (κ2) is 14.0. The van der Waals surface area contributed by atoms with Crippen LogP contribution in [0.5, 0.6) is 0 Å². The van der Waals surface area contributed by atoms with Crippen LogP contribution in [-0.2, 0) is 0 Å². The van der Waals surface area contributed by atoms with E-state index >= 15 is 0 Å². The summed E-state index contributed by atoms with van der Waals surface area (Å²) in [5.74, 6) is 0. The summed E-state index contributed by atoms with van der Waals surface area (Å²) < 4.78 is 4.66. The summed E-state index contributed by atoms with van der Waals surface area (Å²) in [4.78, 5) is 0. The summed E-state index contributed by atoms with van der Waals surface area (Å²) in [6, 6.07) is 56.5. The molecule has 10 aromatic rings. The Hall–Kier alpha value is -7.66. The van der Waals surface area contributed by atoms with Crippen molar-refractivity contribution in [2.45, 2.75) is 41.5 Å². The van der Waals surface area contributed by atoms with Gasteiger partial charge in [0.05, 0.1) is 56.7 Å². The monoisotopic (exact) mass is 770 g/mol. The molecule has 0 saturated carbocycles. The zero-order chi connectivity index (χ0) is 41.4. The van der Waals surface area contributed by atoms with Crippen LogP contribution in [0.3, 0.4) is 0 Å². The van der Waals surface area contributed by atoms with Gasteiger partial charge in [0.15, 0.2) is 0 Å². The molecule has 0 N–H and O–H groups in total. The van der Waals surface area contributed by atoms with Crippen molar-refractivity contribution in [1.82, 2.24) is 9.13 Å². The molecule has 0 spiro atoms. The van der Waals surface area contributed by atoms with Gasteiger partial charge in [0, 0.05) is 27.1 Å². The first-order chi connectivity index (χ1) is 29.1. The van der Waals surface area contributed by atoms with Crippen molar-refractivity contribution in [2.24, 2.45) is 0 Å². The van der Waals surface area contributed by atoms with Gasteiger partial charge in [-0.25, -0.2) is 0 Å². The number of rotatable bonds is 5. The predicted molar refractivity (Wildman–Crippen MR) is 249 cm³/mol. The number of nitrogens with zero attached hydrogens (tertiary/aromatic N) is 4. The largest absolute Gasteiger partial charge is 0.308 e. The lowest BCUT2D eigenvalue weighted by Gasteiger charge is -2.21. The zero-order valence-electron chi connectivity index (χ0n) is 34.6. The van der Waals surface area contributed by atoms with Crippen LogP contribution in [0, 0.1) is 64.2 Å². The van der Waals surface area contributed by atoms with Gasteiger partial charge in [-0.15, -0.1) is 0 Å². The van der Waals surface area contributed by atoms with Gasteiger partial charge in [0.25, 0.3) is 0 Å². The average molecular weight is 771 g/mol. The van der Waals surface area contributed by atoms with Crippen LogP contribution < -0.4 is 0 Å². The third-order valence-electron chi connectivity index (χ3n) is 12.3. The van der Waals surface area contributed by atoms with Crippen molar-refractivity contribution in [3.8, 4) is 56.9 Å². The van der Waals surface area contributed by atoms with Crippen LogP contribution in [0.1, 0.15) is 44.5 Å². The molecule has 0 saturated heterocycles. The van der Waals surface area contributed by atoms with E-state index in [-0.39, 0.29) is 0 Å². The fourth-order valence-electron chi connectivity index (χ4n) is 10.1. The Morgan fingerprint density at radius 3 is 1.15 bits per heavy atom. The lowest BCUT2D eigenvalue weighted by molar-refractivity contribution is 1.13.